The van der Waals surface area contributed by atoms with E-state index in [0.29, 0.717) is 25.9 Å². The Morgan fingerprint density at radius 1 is 0.681 bits per heavy atom. The van der Waals surface area contributed by atoms with Crippen molar-refractivity contribution in [3.8, 4) is 0 Å². The van der Waals surface area contributed by atoms with Crippen LogP contribution in [0.15, 0.2) is 0 Å². The Morgan fingerprint density at radius 3 is 1.77 bits per heavy atom. The van der Waals surface area contributed by atoms with Gasteiger partial charge in [-0.1, -0.05) is 12.2 Å². The third kappa shape index (κ3) is 12.0. The fourth-order valence-electron chi connectivity index (χ4n) is 5.74. The molecule has 278 valence electrons. The van der Waals surface area contributed by atoms with Crippen molar-refractivity contribution in [3.63, 3.8) is 0 Å². The van der Waals surface area contributed by atoms with E-state index in [4.69, 9.17) is 42.2 Å². The molecule has 3 rings (SSSR count). The summed E-state index contributed by atoms with van der Waals surface area (Å²) in [6.45, 7) is 20.5. The molecule has 0 saturated carbocycles. The predicted molar refractivity (Wildman–Crippen MR) is 183 cm³/mol. The minimum Gasteiger partial charge on any atom is -0.373 e. The fourth-order valence-corrected chi connectivity index (χ4v) is 8.26. The van der Waals surface area contributed by atoms with Gasteiger partial charge in [0.25, 0.3) is 6.57 Å². The van der Waals surface area contributed by atoms with E-state index in [0.717, 1.165) is 0 Å². The number of hydrogen-bond donors (Lipinski definition) is 2. The molecule has 3 aliphatic rings. The highest BCUT2D eigenvalue weighted by atomic mass is 32.7. The summed E-state index contributed by atoms with van der Waals surface area (Å²) >= 11 is 4.50. The molecule has 0 aromatic heterocycles. The van der Waals surface area contributed by atoms with E-state index in [1.165, 1.54) is 13.8 Å². The van der Waals surface area contributed by atoms with Crippen molar-refractivity contribution in [1.29, 1.82) is 0 Å². The second-order valence-corrected chi connectivity index (χ2v) is 22.5. The molecule has 3 saturated heterocycles. The van der Waals surface area contributed by atoms with E-state index in [1.807, 2.05) is 62.3 Å². The molecular weight excluding hydrogens is 670 g/mol. The summed E-state index contributed by atoms with van der Waals surface area (Å²) in [5.74, 6) is -0.330. The highest BCUT2D eigenvalue weighted by molar-refractivity contribution is 8.46. The van der Waals surface area contributed by atoms with Crippen LogP contribution in [0.4, 0.5) is 0 Å². The third-order valence-electron chi connectivity index (χ3n) is 8.45. The first-order valence-corrected chi connectivity index (χ1v) is 21.1. The standard InChI is InChI=1S/C32H62O12P2S/c1-20-14-23(17-37-31(10,11)46(35,47)44-25-16-22(3)39-26(25)18-36-29(4,5)6)28(41-20)43-32(12,13)45(33,34)38-19-27-24(15-21(2)40-27)42-30(7,8)9/h20-28H,14-19H2,1-13H3,(H,33,34)(H,35,47)/t20-,21-,22-,23-,24?,25?,26+,27+,28+,46?/m0/s1. The summed E-state index contributed by atoms with van der Waals surface area (Å²) in [4.78, 5) is 11.1. The summed E-state index contributed by atoms with van der Waals surface area (Å²) in [5.41, 5.74) is -0.757. The van der Waals surface area contributed by atoms with Gasteiger partial charge in [-0.05, 0) is 96.4 Å². The molecule has 0 aromatic rings. The fraction of sp³-hybridized carbons (Fsp3) is 1.00. The van der Waals surface area contributed by atoms with Crippen LogP contribution in [-0.2, 0) is 51.3 Å². The average molecular weight is 733 g/mol. The molecule has 0 aliphatic carbocycles. The van der Waals surface area contributed by atoms with Crippen LogP contribution in [0.1, 0.15) is 109 Å². The van der Waals surface area contributed by atoms with E-state index in [-0.39, 0.29) is 55.3 Å². The van der Waals surface area contributed by atoms with E-state index in [1.54, 1.807) is 13.8 Å². The Labute approximate surface area is 288 Å². The normalized spacial score (nSPS) is 35.3. The van der Waals surface area contributed by atoms with Gasteiger partial charge in [0.15, 0.2) is 11.6 Å². The van der Waals surface area contributed by atoms with E-state index >= 15 is 0 Å². The minimum atomic E-state index is -4.34. The highest BCUT2D eigenvalue weighted by Crippen LogP contribution is 2.65. The van der Waals surface area contributed by atoms with Crippen LogP contribution < -0.4 is 0 Å². The molecule has 3 aliphatic heterocycles. The maximum Gasteiger partial charge on any atom is 0.359 e. The molecule has 11 atom stereocenters. The molecule has 47 heavy (non-hydrogen) atoms. The Kier molecular flexibility index (Phi) is 13.9. The van der Waals surface area contributed by atoms with Crippen LogP contribution in [0.2, 0.25) is 0 Å². The number of thiol groups is 1. The van der Waals surface area contributed by atoms with Crippen molar-refractivity contribution in [2.24, 2.45) is 5.92 Å². The Morgan fingerprint density at radius 2 is 1.21 bits per heavy atom. The minimum absolute atomic E-state index is 0.0615. The second kappa shape index (κ2) is 15.6. The van der Waals surface area contributed by atoms with Crippen LogP contribution in [0.3, 0.4) is 0 Å². The van der Waals surface area contributed by atoms with Gasteiger partial charge in [0.05, 0.1) is 61.5 Å². The average Bonchev–Trinajstić information content (AvgIpc) is 3.53. The summed E-state index contributed by atoms with van der Waals surface area (Å²) in [5, 5.41) is -2.89. The zero-order valence-corrected chi connectivity index (χ0v) is 33.4. The number of ether oxygens (including phenoxy) is 7. The lowest BCUT2D eigenvalue weighted by Gasteiger charge is -2.36. The SMILES string of the molecule is C[C@H]1C[C@@H](COC(C)(C)P(=O)(S)OC2C[C@H](C)O[C@@H]2COC(C)(C)C)[C@@H](OC(C)(C)P(=O)(O)OC[C@H]2O[C@@H](C)CC2OC(C)(C)C)O1. The first-order valence-electron chi connectivity index (χ1n) is 16.8. The van der Waals surface area contributed by atoms with Crippen LogP contribution in [0, 0.1) is 5.92 Å². The van der Waals surface area contributed by atoms with Gasteiger partial charge >= 0.3 is 7.60 Å². The summed E-state index contributed by atoms with van der Waals surface area (Å²) in [7, 11) is -4.34. The van der Waals surface area contributed by atoms with Gasteiger partial charge in [0.1, 0.15) is 17.6 Å². The molecule has 3 heterocycles. The summed E-state index contributed by atoms with van der Waals surface area (Å²) < 4.78 is 81.6. The Hall–Kier alpha value is 0.410. The van der Waals surface area contributed by atoms with Gasteiger partial charge in [0.2, 0.25) is 0 Å². The first kappa shape index (κ1) is 41.8. The van der Waals surface area contributed by atoms with Crippen LogP contribution in [-0.4, -0.2) is 95.6 Å². The van der Waals surface area contributed by atoms with E-state index < -0.39 is 48.9 Å². The van der Waals surface area contributed by atoms with Crippen molar-refractivity contribution < 1.29 is 56.2 Å². The molecule has 0 bridgehead atoms. The number of hydrogen-bond acceptors (Lipinski definition) is 11. The smallest absolute Gasteiger partial charge is 0.359 e. The summed E-state index contributed by atoms with van der Waals surface area (Å²) in [6.07, 6.45) is -1.06. The Bertz CT molecular complexity index is 1120. The quantitative estimate of drug-likeness (QED) is 0.129. The zero-order valence-electron chi connectivity index (χ0n) is 30.7. The van der Waals surface area contributed by atoms with Crippen molar-refractivity contribution in [3.05, 3.63) is 0 Å². The van der Waals surface area contributed by atoms with Crippen molar-refractivity contribution in [2.45, 2.75) is 180 Å². The van der Waals surface area contributed by atoms with Gasteiger partial charge in [0, 0.05) is 18.8 Å². The molecular formula is C32H62O12P2S. The molecule has 0 radical (unpaired) electrons. The van der Waals surface area contributed by atoms with Gasteiger partial charge in [-0.3, -0.25) is 9.13 Å². The lowest BCUT2D eigenvalue weighted by molar-refractivity contribution is -0.193. The van der Waals surface area contributed by atoms with E-state index in [2.05, 4.69) is 12.2 Å². The van der Waals surface area contributed by atoms with E-state index in [9.17, 15) is 14.0 Å². The lowest BCUT2D eigenvalue weighted by atomic mass is 10.1. The highest BCUT2D eigenvalue weighted by Gasteiger charge is 2.51. The molecule has 3 fully saturated rings. The third-order valence-corrected chi connectivity index (χ3v) is 14.2. The second-order valence-electron chi connectivity index (χ2n) is 16.2. The topological polar surface area (TPSA) is 137 Å². The molecule has 0 spiro atoms. The van der Waals surface area contributed by atoms with Crippen LogP contribution >= 0.6 is 26.4 Å². The largest absolute Gasteiger partial charge is 0.373 e. The van der Waals surface area contributed by atoms with Crippen molar-refractivity contribution >= 4 is 26.4 Å². The van der Waals surface area contributed by atoms with Crippen LogP contribution in [0.5, 0.6) is 0 Å². The molecule has 12 nitrogen and oxygen atoms in total. The molecule has 0 amide bonds. The maximum atomic E-state index is 13.9. The van der Waals surface area contributed by atoms with Gasteiger partial charge in [-0.25, -0.2) is 0 Å². The van der Waals surface area contributed by atoms with Crippen LogP contribution in [0.25, 0.3) is 0 Å². The molecule has 15 heteroatoms. The first-order chi connectivity index (χ1) is 21.2. The van der Waals surface area contributed by atoms with Gasteiger partial charge in [-0.2, -0.15) is 0 Å². The predicted octanol–water partition coefficient (Wildman–Crippen LogP) is 7.31. The zero-order chi connectivity index (χ0) is 35.8. The van der Waals surface area contributed by atoms with Crippen molar-refractivity contribution in [1.82, 2.24) is 0 Å². The Balaban J connectivity index is 1.61. The lowest BCUT2D eigenvalue weighted by Crippen LogP contribution is -2.39. The number of rotatable bonds is 15. The maximum absolute atomic E-state index is 13.9. The molecule has 1 N–H and O–H groups in total. The van der Waals surface area contributed by atoms with Crippen molar-refractivity contribution in [2.75, 3.05) is 19.8 Å². The molecule has 4 unspecified atom stereocenters. The van der Waals surface area contributed by atoms with Gasteiger partial charge in [-0.15, -0.1) is 0 Å². The van der Waals surface area contributed by atoms with Gasteiger partial charge < -0.3 is 47.1 Å². The monoisotopic (exact) mass is 732 g/mol. The summed E-state index contributed by atoms with van der Waals surface area (Å²) in [6, 6.07) is 0. The molecule has 0 aromatic carbocycles.